The molecule has 1 unspecified atom stereocenters. The molecule has 2 aromatic rings. The first-order valence-electron chi connectivity index (χ1n) is 5.55. The van der Waals surface area contributed by atoms with E-state index in [1.807, 2.05) is 0 Å². The van der Waals surface area contributed by atoms with Gasteiger partial charge in [-0.1, -0.05) is 25.1 Å². The zero-order valence-corrected chi connectivity index (χ0v) is 9.89. The quantitative estimate of drug-likeness (QED) is 0.884. The van der Waals surface area contributed by atoms with Gasteiger partial charge in [-0.25, -0.2) is 4.39 Å². The van der Waals surface area contributed by atoms with Crippen LogP contribution >= 0.6 is 0 Å². The van der Waals surface area contributed by atoms with Gasteiger partial charge in [-0.3, -0.25) is 4.68 Å². The van der Waals surface area contributed by atoms with Gasteiger partial charge in [0.25, 0.3) is 0 Å². The molecule has 0 fully saturated rings. The van der Waals surface area contributed by atoms with Gasteiger partial charge in [0.15, 0.2) is 0 Å². The van der Waals surface area contributed by atoms with Crippen molar-refractivity contribution in [3.05, 3.63) is 53.6 Å². The Bertz CT molecular complexity index is 524. The minimum atomic E-state index is -1.37. The molecule has 0 radical (unpaired) electrons. The van der Waals surface area contributed by atoms with E-state index in [-0.39, 0.29) is 5.56 Å². The lowest BCUT2D eigenvalue weighted by molar-refractivity contribution is 0.0674. The molecule has 0 saturated carbocycles. The first-order chi connectivity index (χ1) is 8.08. The summed E-state index contributed by atoms with van der Waals surface area (Å²) in [4.78, 5) is 0. The lowest BCUT2D eigenvalue weighted by Crippen LogP contribution is -2.28. The maximum Gasteiger partial charge on any atom is 0.136 e. The van der Waals surface area contributed by atoms with Crippen LogP contribution in [0.25, 0.3) is 0 Å². The summed E-state index contributed by atoms with van der Waals surface area (Å²) in [5.74, 6) is -0.414. The van der Waals surface area contributed by atoms with Gasteiger partial charge in [0, 0.05) is 18.8 Å². The van der Waals surface area contributed by atoms with Crippen LogP contribution in [-0.4, -0.2) is 14.9 Å². The van der Waals surface area contributed by atoms with Crippen molar-refractivity contribution in [1.29, 1.82) is 0 Å². The highest BCUT2D eigenvalue weighted by atomic mass is 19.1. The fourth-order valence-corrected chi connectivity index (χ4v) is 1.94. The summed E-state index contributed by atoms with van der Waals surface area (Å²) in [6, 6.07) is 7.96. The maximum absolute atomic E-state index is 13.8. The SMILES string of the molecule is CCC(O)(c1ccn(C)n1)c1ccccc1F. The van der Waals surface area contributed by atoms with Gasteiger partial charge in [-0.15, -0.1) is 0 Å². The van der Waals surface area contributed by atoms with E-state index in [1.54, 1.807) is 49.1 Å². The minimum Gasteiger partial charge on any atom is -0.379 e. The largest absolute Gasteiger partial charge is 0.379 e. The van der Waals surface area contributed by atoms with Crippen molar-refractivity contribution in [2.24, 2.45) is 7.05 Å². The zero-order valence-electron chi connectivity index (χ0n) is 9.89. The predicted octanol–water partition coefficient (Wildman–Crippen LogP) is 2.21. The van der Waals surface area contributed by atoms with E-state index in [4.69, 9.17) is 0 Å². The molecular weight excluding hydrogens is 219 g/mol. The average molecular weight is 234 g/mol. The number of aromatic nitrogens is 2. The second kappa shape index (κ2) is 4.30. The molecule has 0 saturated heterocycles. The first-order valence-corrected chi connectivity index (χ1v) is 5.55. The maximum atomic E-state index is 13.8. The lowest BCUT2D eigenvalue weighted by atomic mass is 9.87. The Morgan fingerprint density at radius 2 is 2.06 bits per heavy atom. The Labute approximate surface area is 99.5 Å². The highest BCUT2D eigenvalue weighted by Crippen LogP contribution is 2.33. The number of aliphatic hydroxyl groups is 1. The fraction of sp³-hybridized carbons (Fsp3) is 0.308. The minimum absolute atomic E-state index is 0.265. The third-order valence-electron chi connectivity index (χ3n) is 2.97. The molecule has 3 nitrogen and oxygen atoms in total. The van der Waals surface area contributed by atoms with Crippen LogP contribution in [0.1, 0.15) is 24.6 Å². The molecule has 1 N–H and O–H groups in total. The summed E-state index contributed by atoms with van der Waals surface area (Å²) in [7, 11) is 1.76. The average Bonchev–Trinajstić information content (AvgIpc) is 2.76. The number of hydrogen-bond donors (Lipinski definition) is 1. The summed E-state index contributed by atoms with van der Waals surface area (Å²) < 4.78 is 15.4. The summed E-state index contributed by atoms with van der Waals surface area (Å²) in [5.41, 5.74) is -0.638. The van der Waals surface area contributed by atoms with E-state index in [0.29, 0.717) is 12.1 Å². The van der Waals surface area contributed by atoms with Crippen molar-refractivity contribution in [2.45, 2.75) is 18.9 Å². The van der Waals surface area contributed by atoms with Crippen LogP contribution < -0.4 is 0 Å². The Hall–Kier alpha value is -1.68. The number of aryl methyl sites for hydroxylation is 1. The number of nitrogens with zero attached hydrogens (tertiary/aromatic N) is 2. The van der Waals surface area contributed by atoms with E-state index >= 15 is 0 Å². The van der Waals surface area contributed by atoms with Crippen molar-refractivity contribution in [2.75, 3.05) is 0 Å². The highest BCUT2D eigenvalue weighted by molar-refractivity contribution is 5.32. The van der Waals surface area contributed by atoms with E-state index < -0.39 is 11.4 Å². The third kappa shape index (κ3) is 1.96. The summed E-state index contributed by atoms with van der Waals surface area (Å²) in [6.07, 6.45) is 2.10. The van der Waals surface area contributed by atoms with Crippen LogP contribution in [0.3, 0.4) is 0 Å². The number of rotatable bonds is 3. The van der Waals surface area contributed by atoms with Crippen LogP contribution in [0.2, 0.25) is 0 Å². The molecule has 0 aliphatic heterocycles. The molecule has 90 valence electrons. The topological polar surface area (TPSA) is 38.0 Å². The molecule has 0 spiro atoms. The van der Waals surface area contributed by atoms with Gasteiger partial charge in [-0.2, -0.15) is 5.10 Å². The van der Waals surface area contributed by atoms with E-state index in [1.165, 1.54) is 6.07 Å². The number of halogens is 1. The Balaban J connectivity index is 2.55. The van der Waals surface area contributed by atoms with Gasteiger partial charge in [0.1, 0.15) is 11.4 Å². The molecule has 0 aliphatic carbocycles. The normalized spacial score (nSPS) is 14.6. The molecule has 1 atom stereocenters. The van der Waals surface area contributed by atoms with Crippen molar-refractivity contribution >= 4 is 0 Å². The predicted molar refractivity (Wildman–Crippen MR) is 62.9 cm³/mol. The monoisotopic (exact) mass is 234 g/mol. The van der Waals surface area contributed by atoms with Gasteiger partial charge in [-0.05, 0) is 18.6 Å². The molecule has 0 aliphatic rings. The summed E-state index contributed by atoms with van der Waals surface area (Å²) in [6.45, 7) is 1.81. The van der Waals surface area contributed by atoms with Crippen LogP contribution in [0, 0.1) is 5.82 Å². The van der Waals surface area contributed by atoms with Crippen LogP contribution in [-0.2, 0) is 12.6 Å². The standard InChI is InChI=1S/C13H15FN2O/c1-3-13(17,12-8-9-16(2)15-12)10-6-4-5-7-11(10)14/h4-9,17H,3H2,1-2H3. The van der Waals surface area contributed by atoms with Crippen LogP contribution in [0.15, 0.2) is 36.5 Å². The molecule has 0 amide bonds. The van der Waals surface area contributed by atoms with Crippen LogP contribution in [0.4, 0.5) is 4.39 Å². The van der Waals surface area contributed by atoms with Crippen molar-refractivity contribution in [1.82, 2.24) is 9.78 Å². The Kier molecular flexibility index (Phi) is 2.98. The molecule has 4 heteroatoms. The lowest BCUT2D eigenvalue weighted by Gasteiger charge is -2.25. The second-order valence-corrected chi connectivity index (χ2v) is 4.07. The van der Waals surface area contributed by atoms with Gasteiger partial charge < -0.3 is 5.11 Å². The van der Waals surface area contributed by atoms with E-state index in [0.717, 1.165) is 0 Å². The number of benzene rings is 1. The molecule has 1 heterocycles. The molecule has 17 heavy (non-hydrogen) atoms. The van der Waals surface area contributed by atoms with Crippen molar-refractivity contribution in [3.63, 3.8) is 0 Å². The molecule has 0 bridgehead atoms. The summed E-state index contributed by atoms with van der Waals surface area (Å²) >= 11 is 0. The molecular formula is C13H15FN2O. The van der Waals surface area contributed by atoms with E-state index in [9.17, 15) is 9.50 Å². The molecule has 1 aromatic carbocycles. The third-order valence-corrected chi connectivity index (χ3v) is 2.97. The number of hydrogen-bond acceptors (Lipinski definition) is 2. The fourth-order valence-electron chi connectivity index (χ4n) is 1.94. The molecule has 2 rings (SSSR count). The smallest absolute Gasteiger partial charge is 0.136 e. The molecule has 1 aromatic heterocycles. The Morgan fingerprint density at radius 3 is 2.59 bits per heavy atom. The van der Waals surface area contributed by atoms with Crippen LogP contribution in [0.5, 0.6) is 0 Å². The van der Waals surface area contributed by atoms with Gasteiger partial charge in [0.2, 0.25) is 0 Å². The first kappa shape index (κ1) is 11.8. The van der Waals surface area contributed by atoms with E-state index in [2.05, 4.69) is 5.10 Å². The van der Waals surface area contributed by atoms with Gasteiger partial charge in [0.05, 0.1) is 5.69 Å². The zero-order chi connectivity index (χ0) is 12.5. The highest BCUT2D eigenvalue weighted by Gasteiger charge is 2.34. The van der Waals surface area contributed by atoms with Crippen molar-refractivity contribution in [3.8, 4) is 0 Å². The summed E-state index contributed by atoms with van der Waals surface area (Å²) in [5, 5.41) is 14.8. The van der Waals surface area contributed by atoms with Gasteiger partial charge >= 0.3 is 0 Å². The Morgan fingerprint density at radius 1 is 1.35 bits per heavy atom. The van der Waals surface area contributed by atoms with Crippen molar-refractivity contribution < 1.29 is 9.50 Å². The second-order valence-electron chi connectivity index (χ2n) is 4.07.